The molecule has 0 saturated heterocycles. The van der Waals surface area contributed by atoms with Crippen molar-refractivity contribution >= 4 is 28.8 Å². The lowest BCUT2D eigenvalue weighted by Gasteiger charge is -2.27. The van der Waals surface area contributed by atoms with Crippen LogP contribution in [-0.4, -0.2) is 37.4 Å². The van der Waals surface area contributed by atoms with Crippen molar-refractivity contribution in [3.63, 3.8) is 0 Å². The number of hydrogen-bond donors (Lipinski definition) is 1. The van der Waals surface area contributed by atoms with Crippen LogP contribution >= 0.6 is 11.3 Å². The Morgan fingerprint density at radius 2 is 1.77 bits per heavy atom. The molecule has 160 valence electrons. The SMILES string of the molecule is Cc1ccc(C(=O)N2CCc3sc(C(=O)NCc4ccc(N(C)C)cc4)cc3C2)cc1. The van der Waals surface area contributed by atoms with Gasteiger partial charge in [0.2, 0.25) is 0 Å². The Hall–Kier alpha value is -3.12. The first kappa shape index (κ1) is 21.1. The lowest BCUT2D eigenvalue weighted by Crippen LogP contribution is -2.35. The molecule has 2 aromatic carbocycles. The molecule has 0 unspecified atom stereocenters. The summed E-state index contributed by atoms with van der Waals surface area (Å²) in [6.45, 7) is 3.74. The van der Waals surface area contributed by atoms with Gasteiger partial charge in [0.15, 0.2) is 0 Å². The van der Waals surface area contributed by atoms with E-state index in [4.69, 9.17) is 0 Å². The van der Waals surface area contributed by atoms with Crippen molar-refractivity contribution in [2.24, 2.45) is 0 Å². The largest absolute Gasteiger partial charge is 0.378 e. The second-order valence-electron chi connectivity index (χ2n) is 8.15. The summed E-state index contributed by atoms with van der Waals surface area (Å²) in [7, 11) is 4.01. The summed E-state index contributed by atoms with van der Waals surface area (Å²) in [6, 6.07) is 17.8. The van der Waals surface area contributed by atoms with Crippen molar-refractivity contribution in [1.29, 1.82) is 0 Å². The van der Waals surface area contributed by atoms with Gasteiger partial charge in [-0.2, -0.15) is 0 Å². The predicted molar refractivity (Wildman–Crippen MR) is 126 cm³/mol. The zero-order chi connectivity index (χ0) is 22.0. The van der Waals surface area contributed by atoms with E-state index in [1.54, 1.807) is 0 Å². The van der Waals surface area contributed by atoms with E-state index < -0.39 is 0 Å². The molecule has 5 nitrogen and oxygen atoms in total. The van der Waals surface area contributed by atoms with Crippen molar-refractivity contribution in [2.45, 2.75) is 26.4 Å². The molecule has 3 aromatic rings. The highest BCUT2D eigenvalue weighted by Crippen LogP contribution is 2.29. The standard InChI is InChI=1S/C25H27N3O2S/c1-17-4-8-19(9-5-17)25(30)28-13-12-22-20(16-28)14-23(31-22)24(29)26-15-18-6-10-21(11-7-18)27(2)3/h4-11,14H,12-13,15-16H2,1-3H3,(H,26,29). The van der Waals surface area contributed by atoms with Crippen molar-refractivity contribution in [1.82, 2.24) is 10.2 Å². The van der Waals surface area contributed by atoms with Gasteiger partial charge < -0.3 is 15.1 Å². The summed E-state index contributed by atoms with van der Waals surface area (Å²) in [6.07, 6.45) is 0.789. The lowest BCUT2D eigenvalue weighted by molar-refractivity contribution is 0.0736. The summed E-state index contributed by atoms with van der Waals surface area (Å²) < 4.78 is 0. The number of carbonyl (C=O) groups is 2. The highest BCUT2D eigenvalue weighted by Gasteiger charge is 2.25. The van der Waals surface area contributed by atoms with Crippen molar-refractivity contribution < 1.29 is 9.59 Å². The Kier molecular flexibility index (Phi) is 6.09. The molecule has 0 spiro atoms. The molecule has 1 aromatic heterocycles. The third kappa shape index (κ3) is 4.80. The fraction of sp³-hybridized carbons (Fsp3) is 0.280. The van der Waals surface area contributed by atoms with Gasteiger partial charge in [0.25, 0.3) is 11.8 Å². The molecule has 6 heteroatoms. The maximum absolute atomic E-state index is 12.8. The fourth-order valence-electron chi connectivity index (χ4n) is 3.68. The summed E-state index contributed by atoms with van der Waals surface area (Å²) in [5.41, 5.74) is 5.13. The molecule has 0 bridgehead atoms. The molecule has 2 heterocycles. The number of hydrogen-bond acceptors (Lipinski definition) is 4. The third-order valence-corrected chi connectivity index (χ3v) is 6.82. The van der Waals surface area contributed by atoms with Crippen LogP contribution in [0.3, 0.4) is 0 Å². The topological polar surface area (TPSA) is 52.7 Å². The number of fused-ring (bicyclic) bond motifs is 1. The van der Waals surface area contributed by atoms with Crippen LogP contribution in [-0.2, 0) is 19.5 Å². The predicted octanol–water partition coefficient (Wildman–Crippen LogP) is 4.25. The van der Waals surface area contributed by atoms with Gasteiger partial charge in [-0.05, 0) is 54.8 Å². The molecule has 0 saturated carbocycles. The van der Waals surface area contributed by atoms with Crippen LogP contribution in [0, 0.1) is 6.92 Å². The van der Waals surface area contributed by atoms with E-state index in [1.807, 2.05) is 85.4 Å². The molecule has 0 aliphatic carbocycles. The van der Waals surface area contributed by atoms with Gasteiger partial charge in [-0.25, -0.2) is 0 Å². The van der Waals surface area contributed by atoms with Crippen LogP contribution in [0.4, 0.5) is 5.69 Å². The molecule has 31 heavy (non-hydrogen) atoms. The van der Waals surface area contributed by atoms with Gasteiger partial charge in [0.05, 0.1) is 4.88 Å². The normalized spacial score (nSPS) is 12.9. The molecule has 0 radical (unpaired) electrons. The van der Waals surface area contributed by atoms with Gasteiger partial charge in [-0.15, -0.1) is 11.3 Å². The van der Waals surface area contributed by atoms with Crippen LogP contribution in [0.2, 0.25) is 0 Å². The van der Waals surface area contributed by atoms with E-state index in [-0.39, 0.29) is 11.8 Å². The Labute approximate surface area is 187 Å². The Balaban J connectivity index is 1.38. The van der Waals surface area contributed by atoms with Crippen LogP contribution in [0.25, 0.3) is 0 Å². The lowest BCUT2D eigenvalue weighted by atomic mass is 10.1. The average Bonchev–Trinajstić information content (AvgIpc) is 3.21. The van der Waals surface area contributed by atoms with Crippen molar-refractivity contribution in [2.75, 3.05) is 25.5 Å². The number of thiophene rings is 1. The Bertz CT molecular complexity index is 1080. The number of nitrogens with one attached hydrogen (secondary N) is 1. The molecule has 1 aliphatic heterocycles. The highest BCUT2D eigenvalue weighted by molar-refractivity contribution is 7.14. The van der Waals surface area contributed by atoms with Gasteiger partial charge in [-0.1, -0.05) is 29.8 Å². The Morgan fingerprint density at radius 1 is 1.06 bits per heavy atom. The zero-order valence-electron chi connectivity index (χ0n) is 18.1. The first-order chi connectivity index (χ1) is 14.9. The van der Waals surface area contributed by atoms with Gasteiger partial charge >= 0.3 is 0 Å². The summed E-state index contributed by atoms with van der Waals surface area (Å²) in [5.74, 6) is -0.0171. The number of anilines is 1. The molecule has 2 amide bonds. The number of rotatable bonds is 5. The zero-order valence-corrected chi connectivity index (χ0v) is 19.0. The highest BCUT2D eigenvalue weighted by atomic mass is 32.1. The van der Waals surface area contributed by atoms with E-state index in [2.05, 4.69) is 5.32 Å². The first-order valence-corrected chi connectivity index (χ1v) is 11.2. The minimum atomic E-state index is -0.0625. The molecule has 0 fully saturated rings. The monoisotopic (exact) mass is 433 g/mol. The first-order valence-electron chi connectivity index (χ1n) is 10.4. The van der Waals surface area contributed by atoms with Crippen molar-refractivity contribution in [3.05, 3.63) is 86.6 Å². The van der Waals surface area contributed by atoms with E-state index in [0.29, 0.717) is 30.1 Å². The van der Waals surface area contributed by atoms with Gasteiger partial charge in [-0.3, -0.25) is 9.59 Å². The van der Waals surface area contributed by atoms with Crippen LogP contribution in [0.1, 0.15) is 41.6 Å². The number of benzene rings is 2. The molecule has 4 rings (SSSR count). The summed E-state index contributed by atoms with van der Waals surface area (Å²) >= 11 is 1.54. The average molecular weight is 434 g/mol. The third-order valence-electron chi connectivity index (χ3n) is 5.58. The van der Waals surface area contributed by atoms with Crippen molar-refractivity contribution in [3.8, 4) is 0 Å². The van der Waals surface area contributed by atoms with E-state index in [1.165, 1.54) is 16.2 Å². The second-order valence-corrected chi connectivity index (χ2v) is 9.28. The van der Waals surface area contributed by atoms with Crippen LogP contribution in [0.15, 0.2) is 54.6 Å². The molecule has 1 aliphatic rings. The minimum Gasteiger partial charge on any atom is -0.378 e. The molecule has 1 N–H and O–H groups in total. The van der Waals surface area contributed by atoms with Crippen LogP contribution in [0.5, 0.6) is 0 Å². The summed E-state index contributed by atoms with van der Waals surface area (Å²) in [5, 5.41) is 3.02. The smallest absolute Gasteiger partial charge is 0.261 e. The number of carbonyl (C=O) groups excluding carboxylic acids is 2. The molecular formula is C25H27N3O2S. The van der Waals surface area contributed by atoms with Crippen LogP contribution < -0.4 is 10.2 Å². The van der Waals surface area contributed by atoms with E-state index >= 15 is 0 Å². The number of amides is 2. The molecule has 0 atom stereocenters. The summed E-state index contributed by atoms with van der Waals surface area (Å²) in [4.78, 5) is 31.4. The van der Waals surface area contributed by atoms with Gasteiger partial charge in [0, 0.05) is 49.9 Å². The maximum atomic E-state index is 12.8. The quantitative estimate of drug-likeness (QED) is 0.654. The maximum Gasteiger partial charge on any atom is 0.261 e. The molecular weight excluding hydrogens is 406 g/mol. The van der Waals surface area contributed by atoms with E-state index in [9.17, 15) is 9.59 Å². The number of nitrogens with zero attached hydrogens (tertiary/aromatic N) is 2. The number of aryl methyl sites for hydroxylation is 1. The van der Waals surface area contributed by atoms with E-state index in [0.717, 1.165) is 28.8 Å². The fourth-order valence-corrected chi connectivity index (χ4v) is 4.76. The second kappa shape index (κ2) is 8.94. The van der Waals surface area contributed by atoms with Gasteiger partial charge in [0.1, 0.15) is 0 Å². The Morgan fingerprint density at radius 3 is 2.45 bits per heavy atom. The minimum absolute atomic E-state index is 0.0454.